The van der Waals surface area contributed by atoms with E-state index in [-0.39, 0.29) is 24.0 Å². The maximum Gasteiger partial charge on any atom is 0.295 e. The van der Waals surface area contributed by atoms with Crippen molar-refractivity contribution >= 4 is 17.4 Å². The molecule has 1 atom stereocenters. The van der Waals surface area contributed by atoms with Gasteiger partial charge in [0.2, 0.25) is 0 Å². The molecule has 1 aromatic heterocycles. The molecule has 0 saturated carbocycles. The third-order valence-corrected chi connectivity index (χ3v) is 5.86. The molecule has 1 fully saturated rings. The fourth-order valence-corrected chi connectivity index (χ4v) is 4.23. The third-order valence-electron chi connectivity index (χ3n) is 5.86. The van der Waals surface area contributed by atoms with Crippen molar-refractivity contribution < 1.29 is 19.4 Å². The van der Waals surface area contributed by atoms with E-state index in [4.69, 9.17) is 4.74 Å². The Morgan fingerprint density at radius 3 is 2.59 bits per heavy atom. The number of nitrogens with zero attached hydrogens (tertiary/aromatic N) is 2. The molecule has 34 heavy (non-hydrogen) atoms. The van der Waals surface area contributed by atoms with Gasteiger partial charge in [-0.3, -0.25) is 14.6 Å². The van der Waals surface area contributed by atoms with Crippen molar-refractivity contribution in [2.45, 2.75) is 46.4 Å². The fraction of sp³-hybridized carbons (Fsp3) is 0.250. The summed E-state index contributed by atoms with van der Waals surface area (Å²) in [5.74, 6) is -1.02. The minimum atomic E-state index is -0.761. The van der Waals surface area contributed by atoms with Gasteiger partial charge in [0, 0.05) is 24.5 Å². The summed E-state index contributed by atoms with van der Waals surface area (Å²) in [7, 11) is 0. The summed E-state index contributed by atoms with van der Waals surface area (Å²) in [5, 5.41) is 11.3. The van der Waals surface area contributed by atoms with Gasteiger partial charge in [-0.15, -0.1) is 0 Å². The number of pyridine rings is 1. The smallest absolute Gasteiger partial charge is 0.295 e. The second-order valence-corrected chi connectivity index (χ2v) is 8.84. The van der Waals surface area contributed by atoms with Crippen LogP contribution in [0.15, 0.2) is 72.6 Å². The predicted octanol–water partition coefficient (Wildman–Crippen LogP) is 5.11. The zero-order valence-corrected chi connectivity index (χ0v) is 19.8. The second-order valence-electron chi connectivity index (χ2n) is 8.84. The van der Waals surface area contributed by atoms with E-state index >= 15 is 0 Å². The Bertz CT molecular complexity index is 1260. The summed E-state index contributed by atoms with van der Waals surface area (Å²) < 4.78 is 5.75. The van der Waals surface area contributed by atoms with E-state index in [0.29, 0.717) is 16.9 Å². The van der Waals surface area contributed by atoms with E-state index < -0.39 is 17.7 Å². The van der Waals surface area contributed by atoms with Crippen molar-refractivity contribution in [3.8, 4) is 5.75 Å². The van der Waals surface area contributed by atoms with Gasteiger partial charge in [-0.2, -0.15) is 0 Å². The van der Waals surface area contributed by atoms with Gasteiger partial charge in [0.15, 0.2) is 0 Å². The predicted molar refractivity (Wildman–Crippen MR) is 130 cm³/mol. The lowest BCUT2D eigenvalue weighted by Crippen LogP contribution is -2.29. The van der Waals surface area contributed by atoms with Crippen molar-refractivity contribution in [2.24, 2.45) is 0 Å². The number of aryl methyl sites for hydroxylation is 2. The van der Waals surface area contributed by atoms with Gasteiger partial charge >= 0.3 is 0 Å². The van der Waals surface area contributed by atoms with Crippen LogP contribution in [-0.2, 0) is 16.1 Å². The monoisotopic (exact) mass is 456 g/mol. The van der Waals surface area contributed by atoms with Gasteiger partial charge in [0.05, 0.1) is 17.7 Å². The van der Waals surface area contributed by atoms with Crippen LogP contribution in [0, 0.1) is 13.8 Å². The lowest BCUT2D eigenvalue weighted by atomic mass is 9.96. The van der Waals surface area contributed by atoms with Crippen LogP contribution in [0.3, 0.4) is 0 Å². The maximum atomic E-state index is 13.3. The number of rotatable bonds is 6. The highest BCUT2D eigenvalue weighted by Gasteiger charge is 2.46. The van der Waals surface area contributed by atoms with Crippen molar-refractivity contribution in [3.05, 3.63) is 100 Å². The Hall–Kier alpha value is -3.93. The largest absolute Gasteiger partial charge is 0.507 e. The van der Waals surface area contributed by atoms with Crippen LogP contribution in [0.4, 0.5) is 0 Å². The number of aliphatic hydroxyl groups excluding tert-OH is 1. The lowest BCUT2D eigenvalue weighted by molar-refractivity contribution is -0.140. The number of hydrogen-bond acceptors (Lipinski definition) is 5. The number of likely N-dealkylation sites (tertiary alicyclic amines) is 1. The Morgan fingerprint density at radius 1 is 1.09 bits per heavy atom. The van der Waals surface area contributed by atoms with Crippen molar-refractivity contribution in [1.29, 1.82) is 0 Å². The molecule has 174 valence electrons. The molecule has 6 heteroatoms. The zero-order valence-electron chi connectivity index (χ0n) is 19.8. The highest BCUT2D eigenvalue weighted by atomic mass is 16.5. The van der Waals surface area contributed by atoms with Gasteiger partial charge in [-0.05, 0) is 62.6 Å². The number of hydrogen-bond donors (Lipinski definition) is 1. The normalized spacial score (nSPS) is 17.4. The molecule has 1 aliphatic rings. The quantitative estimate of drug-likeness (QED) is 0.317. The summed E-state index contributed by atoms with van der Waals surface area (Å²) in [6.07, 6.45) is 3.21. The maximum absolute atomic E-state index is 13.3. The minimum absolute atomic E-state index is 0.0454. The first kappa shape index (κ1) is 23.2. The molecule has 1 unspecified atom stereocenters. The molecule has 0 aliphatic carbocycles. The molecule has 1 amide bonds. The molecular weight excluding hydrogens is 428 g/mol. The Balaban J connectivity index is 1.84. The number of Topliss-reactive ketones (excluding diaryl/α,β-unsaturated/α-hetero) is 1. The Morgan fingerprint density at radius 2 is 1.88 bits per heavy atom. The van der Waals surface area contributed by atoms with Gasteiger partial charge in [-0.1, -0.05) is 42.0 Å². The molecule has 1 aliphatic heterocycles. The first-order valence-electron chi connectivity index (χ1n) is 11.3. The van der Waals surface area contributed by atoms with Crippen LogP contribution in [0.2, 0.25) is 0 Å². The molecule has 0 bridgehead atoms. The van der Waals surface area contributed by atoms with Crippen LogP contribution in [-0.4, -0.2) is 32.8 Å². The van der Waals surface area contributed by atoms with Crippen LogP contribution in [0.25, 0.3) is 5.76 Å². The average molecular weight is 457 g/mol. The van der Waals surface area contributed by atoms with Crippen molar-refractivity contribution in [2.75, 3.05) is 0 Å². The van der Waals surface area contributed by atoms with E-state index in [9.17, 15) is 14.7 Å². The third kappa shape index (κ3) is 4.57. The number of benzene rings is 2. The van der Waals surface area contributed by atoms with E-state index in [1.54, 1.807) is 42.7 Å². The summed E-state index contributed by atoms with van der Waals surface area (Å²) >= 11 is 0. The zero-order chi connectivity index (χ0) is 24.4. The SMILES string of the molecule is Cc1ccc(C)c(CN2C(=O)C(=O)/C(=C(\O)c3cccc(OC(C)C)c3)C2c2cccnc2)c1. The second kappa shape index (κ2) is 9.51. The molecular formula is C28H28N2O4. The topological polar surface area (TPSA) is 79.7 Å². The number of aromatic nitrogens is 1. The van der Waals surface area contributed by atoms with E-state index in [2.05, 4.69) is 4.98 Å². The van der Waals surface area contributed by atoms with Crippen LogP contribution in [0.5, 0.6) is 5.75 Å². The van der Waals surface area contributed by atoms with E-state index in [1.807, 2.05) is 52.0 Å². The highest BCUT2D eigenvalue weighted by Crippen LogP contribution is 2.40. The van der Waals surface area contributed by atoms with Crippen LogP contribution >= 0.6 is 0 Å². The molecule has 2 aromatic carbocycles. The number of carbonyl (C=O) groups is 2. The first-order chi connectivity index (χ1) is 16.3. The molecule has 2 heterocycles. The fourth-order valence-electron chi connectivity index (χ4n) is 4.23. The molecule has 3 aromatic rings. The molecule has 0 spiro atoms. The van der Waals surface area contributed by atoms with Gasteiger partial charge in [0.1, 0.15) is 11.5 Å². The van der Waals surface area contributed by atoms with Crippen LogP contribution in [0.1, 0.15) is 47.7 Å². The molecule has 6 nitrogen and oxygen atoms in total. The number of amides is 1. The lowest BCUT2D eigenvalue weighted by Gasteiger charge is -2.26. The first-order valence-corrected chi connectivity index (χ1v) is 11.3. The van der Waals surface area contributed by atoms with E-state index in [1.165, 1.54) is 4.90 Å². The summed E-state index contributed by atoms with van der Waals surface area (Å²) in [6.45, 7) is 8.03. The Kier molecular flexibility index (Phi) is 6.50. The average Bonchev–Trinajstić information content (AvgIpc) is 3.06. The van der Waals surface area contributed by atoms with Crippen molar-refractivity contribution in [3.63, 3.8) is 0 Å². The molecule has 1 saturated heterocycles. The summed E-state index contributed by atoms with van der Waals surface area (Å²) in [6, 6.07) is 15.7. The summed E-state index contributed by atoms with van der Waals surface area (Å²) in [4.78, 5) is 32.2. The van der Waals surface area contributed by atoms with Gasteiger partial charge in [-0.25, -0.2) is 0 Å². The van der Waals surface area contributed by atoms with Crippen molar-refractivity contribution in [1.82, 2.24) is 9.88 Å². The number of ketones is 1. The van der Waals surface area contributed by atoms with Crippen LogP contribution < -0.4 is 4.74 Å². The summed E-state index contributed by atoms with van der Waals surface area (Å²) in [5.41, 5.74) is 4.15. The number of carbonyl (C=O) groups excluding carboxylic acids is 2. The molecule has 1 N–H and O–H groups in total. The Labute approximate surface area is 199 Å². The highest BCUT2D eigenvalue weighted by molar-refractivity contribution is 6.46. The van der Waals surface area contributed by atoms with E-state index in [0.717, 1.165) is 16.7 Å². The number of ether oxygens (including phenoxy) is 1. The van der Waals surface area contributed by atoms with Gasteiger partial charge < -0.3 is 14.7 Å². The molecule has 4 rings (SSSR count). The van der Waals surface area contributed by atoms with Gasteiger partial charge in [0.25, 0.3) is 11.7 Å². The number of aliphatic hydroxyl groups is 1. The minimum Gasteiger partial charge on any atom is -0.507 e. The molecule has 0 radical (unpaired) electrons. The standard InChI is InChI=1S/C28H28N2O4/c1-17(2)34-23-9-5-7-20(14-23)26(31)24-25(21-8-6-12-29-15-21)30(28(33)27(24)32)16-22-13-18(3)10-11-19(22)4/h5-15,17,25,31H,16H2,1-4H3/b26-24-.